The van der Waals surface area contributed by atoms with Crippen LogP contribution in [0, 0.1) is 11.7 Å². The number of phenols is 1. The Hall–Kier alpha value is -3.74. The van der Waals surface area contributed by atoms with Crippen LogP contribution >= 0.6 is 0 Å². The minimum absolute atomic E-state index is 0.0154. The minimum atomic E-state index is -2.14. The zero-order valence-electron chi connectivity index (χ0n) is 25.1. The minimum Gasteiger partial charge on any atom is -0.508 e. The number of para-hydroxylation sites is 1. The van der Waals surface area contributed by atoms with Crippen molar-refractivity contribution in [2.45, 2.75) is 63.9 Å². The first kappa shape index (κ1) is 29.7. The maximum absolute atomic E-state index is 13.8. The lowest BCUT2D eigenvalue weighted by atomic mass is 9.78. The van der Waals surface area contributed by atoms with Crippen LogP contribution in [-0.4, -0.2) is 19.3 Å². The van der Waals surface area contributed by atoms with E-state index in [1.807, 2.05) is 59.5 Å². The summed E-state index contributed by atoms with van der Waals surface area (Å²) in [6.07, 6.45) is 1.09. The summed E-state index contributed by atoms with van der Waals surface area (Å²) < 4.78 is 20.7. The van der Waals surface area contributed by atoms with Crippen LogP contribution < -0.4 is 4.90 Å². The lowest BCUT2D eigenvalue weighted by molar-refractivity contribution is -0.131. The first-order valence-electron chi connectivity index (χ1n) is 14.7. The van der Waals surface area contributed by atoms with Gasteiger partial charge in [0.1, 0.15) is 11.6 Å². The molecule has 1 N–H and O–H groups in total. The monoisotopic (exact) mass is 581 g/mol. The van der Waals surface area contributed by atoms with E-state index < -0.39 is 8.32 Å². The highest BCUT2D eigenvalue weighted by Crippen LogP contribution is 2.48. The van der Waals surface area contributed by atoms with E-state index in [9.17, 15) is 14.3 Å². The van der Waals surface area contributed by atoms with Gasteiger partial charge in [0, 0.05) is 5.69 Å². The average Bonchev–Trinajstić information content (AvgIpc) is 2.96. The molecule has 0 aromatic heterocycles. The molecule has 5 rings (SSSR count). The molecule has 3 atom stereocenters. The van der Waals surface area contributed by atoms with Gasteiger partial charge in [0.2, 0.25) is 5.91 Å². The number of aromatic hydroxyl groups is 1. The Morgan fingerprint density at radius 2 is 1.55 bits per heavy atom. The summed E-state index contributed by atoms with van der Waals surface area (Å²) in [6.45, 7) is 11.1. The van der Waals surface area contributed by atoms with Crippen LogP contribution in [0.3, 0.4) is 0 Å². The van der Waals surface area contributed by atoms with E-state index in [2.05, 4.69) is 58.1 Å². The molecule has 4 aromatic rings. The van der Waals surface area contributed by atoms with Gasteiger partial charge in [0.05, 0.1) is 18.1 Å². The number of nitrogens with zero attached hydrogens (tertiary/aromatic N) is 1. The van der Waals surface area contributed by atoms with E-state index >= 15 is 0 Å². The Morgan fingerprint density at radius 3 is 2.17 bits per heavy atom. The van der Waals surface area contributed by atoms with Crippen LogP contribution in [0.2, 0.25) is 18.1 Å². The topological polar surface area (TPSA) is 49.8 Å². The second-order valence-electron chi connectivity index (χ2n) is 12.8. The third kappa shape index (κ3) is 6.20. The number of amides is 1. The summed E-state index contributed by atoms with van der Waals surface area (Å²) in [4.78, 5) is 15.6. The summed E-state index contributed by atoms with van der Waals surface area (Å²) in [7, 11) is -2.14. The molecule has 42 heavy (non-hydrogen) atoms. The second kappa shape index (κ2) is 11.9. The van der Waals surface area contributed by atoms with Gasteiger partial charge in [-0.1, -0.05) is 87.5 Å². The largest absolute Gasteiger partial charge is 0.508 e. The van der Waals surface area contributed by atoms with Gasteiger partial charge in [-0.2, -0.15) is 0 Å². The number of β-lactam (4-membered cyclic amide) rings is 1. The maximum Gasteiger partial charge on any atom is 0.233 e. The number of benzene rings is 4. The van der Waals surface area contributed by atoms with Gasteiger partial charge >= 0.3 is 0 Å². The third-order valence-corrected chi connectivity index (χ3v) is 13.4. The molecule has 1 amide bonds. The van der Waals surface area contributed by atoms with Gasteiger partial charge in [0.15, 0.2) is 8.32 Å². The molecule has 218 valence electrons. The highest BCUT2D eigenvalue weighted by molar-refractivity contribution is 6.74. The third-order valence-electron chi connectivity index (χ3n) is 8.90. The molecule has 0 radical (unpaired) electrons. The predicted molar refractivity (Wildman–Crippen MR) is 170 cm³/mol. The molecule has 0 spiro atoms. The van der Waals surface area contributed by atoms with Gasteiger partial charge in [-0.15, -0.1) is 0 Å². The van der Waals surface area contributed by atoms with Crippen molar-refractivity contribution in [3.8, 4) is 16.9 Å². The smallest absolute Gasteiger partial charge is 0.233 e. The van der Waals surface area contributed by atoms with Crippen molar-refractivity contribution < 1.29 is 18.7 Å². The van der Waals surface area contributed by atoms with E-state index in [1.54, 1.807) is 12.1 Å². The lowest BCUT2D eigenvalue weighted by Gasteiger charge is -2.48. The van der Waals surface area contributed by atoms with E-state index in [-0.39, 0.29) is 40.6 Å². The number of anilines is 1. The SMILES string of the molecule is CC(C)(C)[Si](C)(C)O[C@@H](CC[C@H]1C(=O)N(c2ccccc2)[C@@H]1c1ccc(-c2cccc(O)c2)cc1)c1ccc(F)cc1. The number of carbonyl (C=O) groups excluding carboxylic acids is 1. The fourth-order valence-electron chi connectivity index (χ4n) is 5.48. The van der Waals surface area contributed by atoms with Crippen molar-refractivity contribution >= 4 is 19.9 Å². The highest BCUT2D eigenvalue weighted by atomic mass is 28.4. The van der Waals surface area contributed by atoms with Crippen LogP contribution in [0.25, 0.3) is 11.1 Å². The standard InChI is InChI=1S/C36H40FNO3Si/c1-36(2,3)42(4,5)41-33(26-18-20-29(37)21-19-26)23-22-32-34(38(35(32)40)30-11-7-6-8-12-30)27-16-14-25(15-17-27)28-10-9-13-31(39)24-28/h6-21,24,32-34,39H,22-23H2,1-5H3/t32-,33+,34-/m1/s1. The van der Waals surface area contributed by atoms with Crippen molar-refractivity contribution in [2.75, 3.05) is 4.90 Å². The van der Waals surface area contributed by atoms with Gasteiger partial charge in [-0.05, 0) is 89.6 Å². The summed E-state index contributed by atoms with van der Waals surface area (Å²) in [5.41, 5.74) is 4.83. The molecule has 1 aliphatic heterocycles. The van der Waals surface area contributed by atoms with E-state index in [0.717, 1.165) is 27.9 Å². The molecule has 1 aliphatic rings. The van der Waals surface area contributed by atoms with Crippen LogP contribution in [0.1, 0.15) is 56.9 Å². The van der Waals surface area contributed by atoms with Crippen molar-refractivity contribution in [3.05, 3.63) is 120 Å². The molecule has 0 bridgehead atoms. The molecule has 0 aliphatic carbocycles. The number of halogens is 1. The fraction of sp³-hybridized carbons (Fsp3) is 0.306. The Kier molecular flexibility index (Phi) is 8.40. The second-order valence-corrected chi connectivity index (χ2v) is 17.5. The number of phenolic OH excluding ortho intramolecular Hbond substituents is 1. The Balaban J connectivity index is 1.43. The Morgan fingerprint density at radius 1 is 0.881 bits per heavy atom. The molecule has 0 unspecified atom stereocenters. The van der Waals surface area contributed by atoms with Crippen LogP contribution in [-0.2, 0) is 9.22 Å². The number of carbonyl (C=O) groups is 1. The summed E-state index contributed by atoms with van der Waals surface area (Å²) in [5, 5.41) is 9.95. The molecular weight excluding hydrogens is 541 g/mol. The molecule has 1 saturated heterocycles. The number of rotatable bonds is 9. The van der Waals surface area contributed by atoms with Crippen molar-refractivity contribution in [3.63, 3.8) is 0 Å². The van der Waals surface area contributed by atoms with Gasteiger partial charge < -0.3 is 14.4 Å². The predicted octanol–water partition coefficient (Wildman–Crippen LogP) is 9.45. The average molecular weight is 582 g/mol. The van der Waals surface area contributed by atoms with Crippen LogP contribution in [0.5, 0.6) is 5.75 Å². The van der Waals surface area contributed by atoms with E-state index in [1.165, 1.54) is 12.1 Å². The lowest BCUT2D eigenvalue weighted by Crippen LogP contribution is -2.55. The first-order chi connectivity index (χ1) is 19.9. The molecular formula is C36H40FNO3Si. The molecule has 4 aromatic carbocycles. The van der Waals surface area contributed by atoms with Crippen LogP contribution in [0.4, 0.5) is 10.1 Å². The molecule has 0 saturated carbocycles. The molecule has 6 heteroatoms. The van der Waals surface area contributed by atoms with Gasteiger partial charge in [-0.25, -0.2) is 4.39 Å². The zero-order chi connectivity index (χ0) is 30.1. The van der Waals surface area contributed by atoms with Gasteiger partial charge in [0.25, 0.3) is 0 Å². The molecule has 1 fully saturated rings. The van der Waals surface area contributed by atoms with Crippen LogP contribution in [0.15, 0.2) is 103 Å². The zero-order valence-corrected chi connectivity index (χ0v) is 26.1. The molecule has 1 heterocycles. The Labute approximate surface area is 249 Å². The van der Waals surface area contributed by atoms with E-state index in [0.29, 0.717) is 12.8 Å². The number of hydrogen-bond acceptors (Lipinski definition) is 3. The highest BCUT2D eigenvalue weighted by Gasteiger charge is 2.49. The Bertz CT molecular complexity index is 1510. The van der Waals surface area contributed by atoms with E-state index in [4.69, 9.17) is 4.43 Å². The molecule has 4 nitrogen and oxygen atoms in total. The van der Waals surface area contributed by atoms with Crippen molar-refractivity contribution in [2.24, 2.45) is 5.92 Å². The summed E-state index contributed by atoms with van der Waals surface area (Å²) >= 11 is 0. The summed E-state index contributed by atoms with van der Waals surface area (Å²) in [6, 6.07) is 31.8. The fourth-order valence-corrected chi connectivity index (χ4v) is 6.80. The number of hydrogen-bond donors (Lipinski definition) is 1. The first-order valence-corrected chi connectivity index (χ1v) is 17.6. The van der Waals surface area contributed by atoms with Gasteiger partial charge in [-0.3, -0.25) is 4.79 Å². The normalized spacial score (nSPS) is 18.0. The van der Waals surface area contributed by atoms with Crippen molar-refractivity contribution in [1.82, 2.24) is 0 Å². The van der Waals surface area contributed by atoms with Crippen molar-refractivity contribution in [1.29, 1.82) is 0 Å². The maximum atomic E-state index is 13.8. The summed E-state index contributed by atoms with van der Waals surface area (Å²) in [5.74, 6) is -0.143. The quantitative estimate of drug-likeness (QED) is 0.158.